The molecule has 1 aliphatic heterocycles. The number of ether oxygens (including phenoxy) is 1. The number of anilines is 2. The van der Waals surface area contributed by atoms with Crippen molar-refractivity contribution in [1.82, 2.24) is 0 Å². The summed E-state index contributed by atoms with van der Waals surface area (Å²) < 4.78 is 5.77. The monoisotopic (exact) mass is 352 g/mol. The van der Waals surface area contributed by atoms with Gasteiger partial charge in [-0.15, -0.1) is 0 Å². The molecule has 3 rings (SSSR count). The molecule has 0 fully saturated rings. The highest BCUT2D eigenvalue weighted by Crippen LogP contribution is 2.36. The lowest BCUT2D eigenvalue weighted by Gasteiger charge is -2.34. The van der Waals surface area contributed by atoms with Gasteiger partial charge in [0.05, 0.1) is 5.69 Å². The highest BCUT2D eigenvalue weighted by molar-refractivity contribution is 6.06. The SMILES string of the molecule is Cc1ccccc1C(=O)Nc1ccc2c(c1)OC(C)C(=O)N2CC(C)C. The number of carbonyl (C=O) groups excluding carboxylic acids is 2. The molecule has 0 bridgehead atoms. The minimum atomic E-state index is -0.538. The summed E-state index contributed by atoms with van der Waals surface area (Å²) in [5.74, 6) is 0.753. The molecule has 1 N–H and O–H groups in total. The molecule has 136 valence electrons. The summed E-state index contributed by atoms with van der Waals surface area (Å²) in [6.07, 6.45) is -0.538. The van der Waals surface area contributed by atoms with Crippen molar-refractivity contribution >= 4 is 23.2 Å². The van der Waals surface area contributed by atoms with E-state index < -0.39 is 6.10 Å². The molecule has 2 amide bonds. The van der Waals surface area contributed by atoms with Crippen LogP contribution in [0, 0.1) is 12.8 Å². The van der Waals surface area contributed by atoms with Gasteiger partial charge in [-0.1, -0.05) is 32.0 Å². The van der Waals surface area contributed by atoms with Crippen molar-refractivity contribution in [3.8, 4) is 5.75 Å². The number of nitrogens with zero attached hydrogens (tertiary/aromatic N) is 1. The Hall–Kier alpha value is -2.82. The van der Waals surface area contributed by atoms with Crippen molar-refractivity contribution in [3.63, 3.8) is 0 Å². The van der Waals surface area contributed by atoms with Gasteiger partial charge in [-0.3, -0.25) is 9.59 Å². The molecule has 5 heteroatoms. The van der Waals surface area contributed by atoms with Gasteiger partial charge in [0.25, 0.3) is 11.8 Å². The molecule has 2 aromatic carbocycles. The van der Waals surface area contributed by atoms with Gasteiger partial charge in [0.2, 0.25) is 0 Å². The van der Waals surface area contributed by atoms with E-state index in [0.717, 1.165) is 11.3 Å². The van der Waals surface area contributed by atoms with Crippen molar-refractivity contribution in [3.05, 3.63) is 53.6 Å². The predicted molar refractivity (Wildman–Crippen MR) is 103 cm³/mol. The zero-order chi connectivity index (χ0) is 18.8. The van der Waals surface area contributed by atoms with Crippen molar-refractivity contribution in [1.29, 1.82) is 0 Å². The Kier molecular flexibility index (Phi) is 4.98. The molecule has 26 heavy (non-hydrogen) atoms. The average molecular weight is 352 g/mol. The van der Waals surface area contributed by atoms with Crippen molar-refractivity contribution in [2.75, 3.05) is 16.8 Å². The lowest BCUT2D eigenvalue weighted by Crippen LogP contribution is -2.46. The van der Waals surface area contributed by atoms with Crippen LogP contribution in [0.3, 0.4) is 0 Å². The van der Waals surface area contributed by atoms with Gasteiger partial charge in [0.15, 0.2) is 6.10 Å². The number of benzene rings is 2. The lowest BCUT2D eigenvalue weighted by atomic mass is 10.1. The molecule has 0 saturated carbocycles. The van der Waals surface area contributed by atoms with Crippen LogP contribution in [0.5, 0.6) is 5.75 Å². The van der Waals surface area contributed by atoms with Crippen LogP contribution in [0.4, 0.5) is 11.4 Å². The fourth-order valence-electron chi connectivity index (χ4n) is 3.07. The summed E-state index contributed by atoms with van der Waals surface area (Å²) in [5, 5.41) is 2.91. The molecular weight excluding hydrogens is 328 g/mol. The van der Waals surface area contributed by atoms with E-state index in [1.165, 1.54) is 0 Å². The minimum Gasteiger partial charge on any atom is -0.479 e. The van der Waals surface area contributed by atoms with Crippen LogP contribution in [-0.2, 0) is 4.79 Å². The average Bonchev–Trinajstić information content (AvgIpc) is 2.59. The van der Waals surface area contributed by atoms with Crippen molar-refractivity contribution in [2.24, 2.45) is 5.92 Å². The smallest absolute Gasteiger partial charge is 0.267 e. The van der Waals surface area contributed by atoms with Crippen LogP contribution in [0.25, 0.3) is 0 Å². The summed E-state index contributed by atoms with van der Waals surface area (Å²) >= 11 is 0. The molecule has 1 aliphatic rings. The maximum Gasteiger partial charge on any atom is 0.267 e. The molecular formula is C21H24N2O3. The molecule has 0 spiro atoms. The Bertz CT molecular complexity index is 845. The summed E-state index contributed by atoms with van der Waals surface area (Å²) in [7, 11) is 0. The lowest BCUT2D eigenvalue weighted by molar-refractivity contribution is -0.125. The van der Waals surface area contributed by atoms with E-state index in [1.807, 2.05) is 31.2 Å². The zero-order valence-corrected chi connectivity index (χ0v) is 15.6. The second-order valence-corrected chi connectivity index (χ2v) is 7.05. The second kappa shape index (κ2) is 7.20. The van der Waals surface area contributed by atoms with E-state index >= 15 is 0 Å². The number of nitrogens with one attached hydrogen (secondary N) is 1. The molecule has 5 nitrogen and oxygen atoms in total. The molecule has 0 saturated heterocycles. The minimum absolute atomic E-state index is 0.0390. The Morgan fingerprint density at radius 2 is 1.96 bits per heavy atom. The Balaban J connectivity index is 1.87. The van der Waals surface area contributed by atoms with E-state index in [4.69, 9.17) is 4.74 Å². The normalized spacial score (nSPS) is 16.3. The Labute approximate surface area is 154 Å². The van der Waals surface area contributed by atoms with E-state index in [2.05, 4.69) is 19.2 Å². The van der Waals surface area contributed by atoms with Crippen LogP contribution in [0.2, 0.25) is 0 Å². The highest BCUT2D eigenvalue weighted by Gasteiger charge is 2.32. The number of rotatable bonds is 4. The fourth-order valence-corrected chi connectivity index (χ4v) is 3.07. The van der Waals surface area contributed by atoms with Gasteiger partial charge in [-0.25, -0.2) is 0 Å². The van der Waals surface area contributed by atoms with Crippen LogP contribution in [0.15, 0.2) is 42.5 Å². The topological polar surface area (TPSA) is 58.6 Å². The number of carbonyl (C=O) groups is 2. The third-order valence-electron chi connectivity index (χ3n) is 4.36. The number of fused-ring (bicyclic) bond motifs is 1. The quantitative estimate of drug-likeness (QED) is 0.904. The Morgan fingerprint density at radius 3 is 2.65 bits per heavy atom. The predicted octanol–water partition coefficient (Wildman–Crippen LogP) is 4.02. The first-order valence-corrected chi connectivity index (χ1v) is 8.86. The first-order chi connectivity index (χ1) is 12.4. The molecule has 0 radical (unpaired) electrons. The zero-order valence-electron chi connectivity index (χ0n) is 15.6. The third kappa shape index (κ3) is 3.57. The van der Waals surface area contributed by atoms with Gasteiger partial charge in [0.1, 0.15) is 5.75 Å². The number of hydrogen-bond acceptors (Lipinski definition) is 3. The highest BCUT2D eigenvalue weighted by atomic mass is 16.5. The standard InChI is InChI=1S/C21H24N2O3/c1-13(2)12-23-18-10-9-16(11-19(18)26-15(4)21(23)25)22-20(24)17-8-6-5-7-14(17)3/h5-11,13,15H,12H2,1-4H3,(H,22,24). The van der Waals surface area contributed by atoms with Crippen LogP contribution in [0.1, 0.15) is 36.7 Å². The van der Waals surface area contributed by atoms with Crippen molar-refractivity contribution < 1.29 is 14.3 Å². The summed E-state index contributed by atoms with van der Waals surface area (Å²) in [6.45, 7) is 8.43. The van der Waals surface area contributed by atoms with Crippen molar-refractivity contribution in [2.45, 2.75) is 33.8 Å². The summed E-state index contributed by atoms with van der Waals surface area (Å²) in [6, 6.07) is 12.9. The number of amides is 2. The molecule has 0 aromatic heterocycles. The summed E-state index contributed by atoms with van der Waals surface area (Å²) in [4.78, 5) is 26.7. The van der Waals surface area contributed by atoms with E-state index in [0.29, 0.717) is 29.5 Å². The van der Waals surface area contributed by atoms with Gasteiger partial charge in [0, 0.05) is 23.9 Å². The number of aryl methyl sites for hydroxylation is 1. The molecule has 1 atom stereocenters. The van der Waals surface area contributed by atoms with Gasteiger partial charge in [-0.2, -0.15) is 0 Å². The van der Waals surface area contributed by atoms with Gasteiger partial charge < -0.3 is 15.0 Å². The molecule has 1 heterocycles. The van der Waals surface area contributed by atoms with Crippen LogP contribution >= 0.6 is 0 Å². The number of hydrogen-bond donors (Lipinski definition) is 1. The third-order valence-corrected chi connectivity index (χ3v) is 4.36. The first-order valence-electron chi connectivity index (χ1n) is 8.86. The van der Waals surface area contributed by atoms with Gasteiger partial charge in [-0.05, 0) is 43.5 Å². The van der Waals surface area contributed by atoms with Crippen LogP contribution < -0.4 is 15.0 Å². The van der Waals surface area contributed by atoms with Gasteiger partial charge >= 0.3 is 0 Å². The maximum atomic E-state index is 12.5. The molecule has 1 unspecified atom stereocenters. The second-order valence-electron chi connectivity index (χ2n) is 7.05. The largest absolute Gasteiger partial charge is 0.479 e. The molecule has 2 aromatic rings. The first kappa shape index (κ1) is 18.0. The Morgan fingerprint density at radius 1 is 1.23 bits per heavy atom. The maximum absolute atomic E-state index is 12.5. The van der Waals surface area contributed by atoms with E-state index in [9.17, 15) is 9.59 Å². The van der Waals surface area contributed by atoms with E-state index in [1.54, 1.807) is 30.0 Å². The van der Waals surface area contributed by atoms with E-state index in [-0.39, 0.29) is 11.8 Å². The summed E-state index contributed by atoms with van der Waals surface area (Å²) in [5.41, 5.74) is 2.94. The molecule has 0 aliphatic carbocycles. The fraction of sp³-hybridized carbons (Fsp3) is 0.333. The van der Waals surface area contributed by atoms with Crippen LogP contribution in [-0.4, -0.2) is 24.5 Å².